The van der Waals surface area contributed by atoms with Crippen molar-refractivity contribution in [2.24, 2.45) is 0 Å². The molecule has 0 bridgehead atoms. The van der Waals surface area contributed by atoms with Crippen LogP contribution in [0.5, 0.6) is 0 Å². The fourth-order valence-corrected chi connectivity index (χ4v) is 1.96. The van der Waals surface area contributed by atoms with E-state index in [2.05, 4.69) is 10.2 Å². The molecule has 17 heavy (non-hydrogen) atoms. The van der Waals surface area contributed by atoms with Crippen molar-refractivity contribution in [1.29, 1.82) is 0 Å². The lowest BCUT2D eigenvalue weighted by Crippen LogP contribution is -2.05. The Kier molecular flexibility index (Phi) is 3.99. The highest BCUT2D eigenvalue weighted by molar-refractivity contribution is 6.35. The van der Waals surface area contributed by atoms with Crippen molar-refractivity contribution in [2.45, 2.75) is 19.6 Å². The molecular formula is C11H11Cl2N3O. The Hall–Kier alpha value is -1.10. The van der Waals surface area contributed by atoms with Gasteiger partial charge in [-0.2, -0.15) is 15.0 Å². The fourth-order valence-electron chi connectivity index (χ4n) is 1.46. The van der Waals surface area contributed by atoms with E-state index in [0.29, 0.717) is 22.3 Å². The average Bonchev–Trinajstić information content (AvgIpc) is 2.76. The third-order valence-electron chi connectivity index (χ3n) is 2.34. The number of benzene rings is 1. The molecule has 2 rings (SSSR count). The van der Waals surface area contributed by atoms with Gasteiger partial charge in [0.1, 0.15) is 5.69 Å². The summed E-state index contributed by atoms with van der Waals surface area (Å²) in [6.07, 6.45) is 2.26. The van der Waals surface area contributed by atoms with E-state index in [1.54, 1.807) is 18.3 Å². The molecule has 0 saturated carbocycles. The highest BCUT2D eigenvalue weighted by Crippen LogP contribution is 2.21. The Bertz CT molecular complexity index is 513. The molecule has 0 saturated heterocycles. The number of halogens is 2. The first kappa shape index (κ1) is 12.4. The van der Waals surface area contributed by atoms with Crippen LogP contribution in [-0.2, 0) is 19.6 Å². The lowest BCUT2D eigenvalue weighted by molar-refractivity contribution is 0.275. The van der Waals surface area contributed by atoms with Gasteiger partial charge in [0.2, 0.25) is 0 Å². The van der Waals surface area contributed by atoms with Gasteiger partial charge in [0.15, 0.2) is 0 Å². The van der Waals surface area contributed by atoms with Crippen LogP contribution < -0.4 is 0 Å². The molecule has 0 radical (unpaired) electrons. The molecule has 0 aliphatic rings. The maximum atomic E-state index is 8.86. The smallest absolute Gasteiger partial charge is 0.108 e. The van der Waals surface area contributed by atoms with Crippen molar-refractivity contribution >= 4 is 23.2 Å². The van der Waals surface area contributed by atoms with Gasteiger partial charge in [-0.25, -0.2) is 0 Å². The Balaban J connectivity index is 2.02. The van der Waals surface area contributed by atoms with Crippen LogP contribution >= 0.6 is 23.2 Å². The van der Waals surface area contributed by atoms with Crippen LogP contribution in [0.25, 0.3) is 0 Å². The summed E-state index contributed by atoms with van der Waals surface area (Å²) in [6.45, 7) is 0.517. The van der Waals surface area contributed by atoms with Gasteiger partial charge in [0.05, 0.1) is 19.3 Å². The second-order valence-corrected chi connectivity index (χ2v) is 4.42. The number of aryl methyl sites for hydroxylation is 2. The van der Waals surface area contributed by atoms with Gasteiger partial charge in [0, 0.05) is 10.0 Å². The van der Waals surface area contributed by atoms with Gasteiger partial charge in [-0.05, 0) is 24.1 Å². The SMILES string of the molecule is OCc1cnn(CCc2ccc(Cl)cc2Cl)n1. The zero-order valence-corrected chi connectivity index (χ0v) is 10.5. The average molecular weight is 272 g/mol. The molecule has 0 aliphatic heterocycles. The lowest BCUT2D eigenvalue weighted by atomic mass is 10.1. The molecule has 1 aromatic heterocycles. The Morgan fingerprint density at radius 3 is 2.76 bits per heavy atom. The quantitative estimate of drug-likeness (QED) is 0.929. The van der Waals surface area contributed by atoms with Crippen LogP contribution in [0.15, 0.2) is 24.4 Å². The summed E-state index contributed by atoms with van der Waals surface area (Å²) in [6, 6.07) is 5.41. The van der Waals surface area contributed by atoms with Crippen LogP contribution in [0.1, 0.15) is 11.3 Å². The van der Waals surface area contributed by atoms with Gasteiger partial charge in [-0.3, -0.25) is 0 Å². The number of hydrogen-bond donors (Lipinski definition) is 1. The molecule has 1 heterocycles. The molecule has 90 valence electrons. The Morgan fingerprint density at radius 1 is 1.29 bits per heavy atom. The van der Waals surface area contributed by atoms with E-state index in [9.17, 15) is 0 Å². The van der Waals surface area contributed by atoms with Gasteiger partial charge in [0.25, 0.3) is 0 Å². The summed E-state index contributed by atoms with van der Waals surface area (Å²) < 4.78 is 0. The summed E-state index contributed by atoms with van der Waals surface area (Å²) in [5.41, 5.74) is 1.56. The molecule has 0 atom stereocenters. The maximum Gasteiger partial charge on any atom is 0.108 e. The van der Waals surface area contributed by atoms with Crippen LogP contribution in [0.2, 0.25) is 10.0 Å². The molecule has 0 aliphatic carbocycles. The molecule has 0 fully saturated rings. The monoisotopic (exact) mass is 271 g/mol. The predicted molar refractivity (Wildman–Crippen MR) is 66.1 cm³/mol. The van der Waals surface area contributed by atoms with Crippen LogP contribution in [-0.4, -0.2) is 20.1 Å². The van der Waals surface area contributed by atoms with E-state index < -0.39 is 0 Å². The molecule has 2 aromatic rings. The summed E-state index contributed by atoms with van der Waals surface area (Å²) in [4.78, 5) is 1.54. The third-order valence-corrected chi connectivity index (χ3v) is 2.93. The van der Waals surface area contributed by atoms with Crippen LogP contribution in [0, 0.1) is 0 Å². The topological polar surface area (TPSA) is 50.9 Å². The van der Waals surface area contributed by atoms with E-state index >= 15 is 0 Å². The first-order chi connectivity index (χ1) is 8.19. The molecule has 1 aromatic carbocycles. The second kappa shape index (κ2) is 5.49. The summed E-state index contributed by atoms with van der Waals surface area (Å²) in [7, 11) is 0. The third kappa shape index (κ3) is 3.19. The fraction of sp³-hybridized carbons (Fsp3) is 0.273. The number of aromatic nitrogens is 3. The highest BCUT2D eigenvalue weighted by Gasteiger charge is 2.03. The van der Waals surface area contributed by atoms with Gasteiger partial charge < -0.3 is 5.11 Å². The standard InChI is InChI=1S/C11H11Cl2N3O/c12-9-2-1-8(11(13)5-9)3-4-16-14-6-10(7-17)15-16/h1-2,5-6,17H,3-4,7H2. The van der Waals surface area contributed by atoms with Crippen molar-refractivity contribution in [3.63, 3.8) is 0 Å². The Labute approximate surface area is 109 Å². The molecular weight excluding hydrogens is 261 g/mol. The van der Waals surface area contributed by atoms with Crippen molar-refractivity contribution in [2.75, 3.05) is 0 Å². The number of aliphatic hydroxyl groups is 1. The molecule has 0 spiro atoms. The van der Waals surface area contributed by atoms with E-state index in [-0.39, 0.29) is 6.61 Å². The normalized spacial score (nSPS) is 10.8. The molecule has 0 unspecified atom stereocenters. The maximum absolute atomic E-state index is 8.86. The van der Waals surface area contributed by atoms with E-state index in [1.807, 2.05) is 6.07 Å². The van der Waals surface area contributed by atoms with E-state index in [4.69, 9.17) is 28.3 Å². The minimum Gasteiger partial charge on any atom is -0.390 e. The Morgan fingerprint density at radius 2 is 2.12 bits per heavy atom. The summed E-state index contributed by atoms with van der Waals surface area (Å²) in [5.74, 6) is 0. The van der Waals surface area contributed by atoms with Crippen molar-refractivity contribution in [3.8, 4) is 0 Å². The second-order valence-electron chi connectivity index (χ2n) is 3.58. The summed E-state index contributed by atoms with van der Waals surface area (Å²) in [5, 5.41) is 18.2. The molecule has 0 amide bonds. The number of hydrogen-bond acceptors (Lipinski definition) is 3. The van der Waals surface area contributed by atoms with Gasteiger partial charge in [-0.15, -0.1) is 0 Å². The van der Waals surface area contributed by atoms with E-state index in [0.717, 1.165) is 12.0 Å². The van der Waals surface area contributed by atoms with Crippen LogP contribution in [0.4, 0.5) is 0 Å². The van der Waals surface area contributed by atoms with Crippen molar-refractivity contribution < 1.29 is 5.11 Å². The predicted octanol–water partition coefficient (Wildman–Crippen LogP) is 2.32. The van der Waals surface area contributed by atoms with Crippen molar-refractivity contribution in [3.05, 3.63) is 45.7 Å². The van der Waals surface area contributed by atoms with E-state index in [1.165, 1.54) is 4.80 Å². The zero-order valence-electron chi connectivity index (χ0n) is 8.98. The number of aliphatic hydroxyl groups excluding tert-OH is 1. The zero-order chi connectivity index (χ0) is 12.3. The first-order valence-electron chi connectivity index (χ1n) is 5.13. The minimum absolute atomic E-state index is 0.0955. The first-order valence-corrected chi connectivity index (χ1v) is 5.88. The molecule has 1 N–H and O–H groups in total. The number of rotatable bonds is 4. The van der Waals surface area contributed by atoms with Gasteiger partial charge >= 0.3 is 0 Å². The van der Waals surface area contributed by atoms with Crippen LogP contribution in [0.3, 0.4) is 0 Å². The highest BCUT2D eigenvalue weighted by atomic mass is 35.5. The van der Waals surface area contributed by atoms with Crippen molar-refractivity contribution in [1.82, 2.24) is 15.0 Å². The van der Waals surface area contributed by atoms with Gasteiger partial charge in [-0.1, -0.05) is 29.3 Å². The minimum atomic E-state index is -0.0955. The summed E-state index contributed by atoms with van der Waals surface area (Å²) >= 11 is 11.9. The molecule has 6 heteroatoms. The lowest BCUT2D eigenvalue weighted by Gasteiger charge is -2.04. The molecule has 4 nitrogen and oxygen atoms in total. The number of nitrogens with zero attached hydrogens (tertiary/aromatic N) is 3. The largest absolute Gasteiger partial charge is 0.390 e.